The highest BCUT2D eigenvalue weighted by atomic mass is 19.3. The van der Waals surface area contributed by atoms with E-state index in [0.717, 1.165) is 42.4 Å². The molecule has 0 radical (unpaired) electrons. The second-order valence-electron chi connectivity index (χ2n) is 7.60. The van der Waals surface area contributed by atoms with Crippen LogP contribution in [-0.4, -0.2) is 60.0 Å². The van der Waals surface area contributed by atoms with Crippen molar-refractivity contribution in [3.05, 3.63) is 24.0 Å². The van der Waals surface area contributed by atoms with E-state index in [0.29, 0.717) is 30.7 Å². The Hall–Kier alpha value is -2.22. The molecule has 2 N–H and O–H groups in total. The Morgan fingerprint density at radius 3 is 2.85 bits per heavy atom. The number of rotatable bonds is 5. The Kier molecular flexibility index (Phi) is 4.99. The number of fused-ring (bicyclic) bond motifs is 3. The molecule has 0 spiro atoms. The van der Waals surface area contributed by atoms with Crippen molar-refractivity contribution in [2.45, 2.75) is 38.2 Å². The summed E-state index contributed by atoms with van der Waals surface area (Å²) in [6.45, 7) is 0.984. The van der Waals surface area contributed by atoms with Gasteiger partial charge in [0.15, 0.2) is 0 Å². The van der Waals surface area contributed by atoms with E-state index < -0.39 is 6.43 Å². The molecule has 0 aromatic carbocycles. The SMILES string of the molecule is CN1CN(C2CCC(CNCC(F)F)CC2)c2c(cnc3[nH]ccc23)C1=O. The van der Waals surface area contributed by atoms with E-state index in [1.165, 1.54) is 0 Å². The molecule has 146 valence electrons. The van der Waals surface area contributed by atoms with Crippen molar-refractivity contribution < 1.29 is 13.6 Å². The average molecular weight is 377 g/mol. The van der Waals surface area contributed by atoms with Gasteiger partial charge in [-0.05, 0) is 44.2 Å². The Morgan fingerprint density at radius 1 is 1.33 bits per heavy atom. The number of nitrogens with one attached hydrogen (secondary N) is 2. The van der Waals surface area contributed by atoms with Crippen molar-refractivity contribution in [3.63, 3.8) is 0 Å². The van der Waals surface area contributed by atoms with Crippen LogP contribution in [0.2, 0.25) is 0 Å². The summed E-state index contributed by atoms with van der Waals surface area (Å²) in [4.78, 5) is 24.2. The third-order valence-corrected chi connectivity index (χ3v) is 5.78. The molecule has 2 aromatic heterocycles. The van der Waals surface area contributed by atoms with Gasteiger partial charge in [-0.3, -0.25) is 4.79 Å². The van der Waals surface area contributed by atoms with Gasteiger partial charge < -0.3 is 20.1 Å². The number of halogens is 2. The van der Waals surface area contributed by atoms with Gasteiger partial charge in [0.05, 0.1) is 24.5 Å². The lowest BCUT2D eigenvalue weighted by Crippen LogP contribution is -2.50. The maximum Gasteiger partial charge on any atom is 0.258 e. The van der Waals surface area contributed by atoms with E-state index in [2.05, 4.69) is 20.2 Å². The van der Waals surface area contributed by atoms with E-state index >= 15 is 0 Å². The van der Waals surface area contributed by atoms with Gasteiger partial charge in [-0.25, -0.2) is 13.8 Å². The monoisotopic (exact) mass is 377 g/mol. The standard InChI is InChI=1S/C19H25F2N5O/c1-25-11-26(13-4-2-12(3-5-13)8-22-10-16(20)21)17-14-6-7-23-18(14)24-9-15(17)19(25)27/h6-7,9,12-13,16,22H,2-5,8,10-11H2,1H3,(H,23,24). The number of nitrogens with zero attached hydrogens (tertiary/aromatic N) is 3. The molecule has 1 fully saturated rings. The van der Waals surface area contributed by atoms with Gasteiger partial charge in [-0.2, -0.15) is 0 Å². The summed E-state index contributed by atoms with van der Waals surface area (Å²) in [5, 5.41) is 3.85. The normalized spacial score (nSPS) is 23.3. The Balaban J connectivity index is 1.51. The van der Waals surface area contributed by atoms with Gasteiger partial charge in [0, 0.05) is 30.9 Å². The first kappa shape index (κ1) is 18.2. The minimum absolute atomic E-state index is 0.00161. The van der Waals surface area contributed by atoms with Crippen molar-refractivity contribution in [2.24, 2.45) is 5.92 Å². The van der Waals surface area contributed by atoms with E-state index in [1.54, 1.807) is 11.1 Å². The maximum atomic E-state index is 12.6. The van der Waals surface area contributed by atoms with Crippen LogP contribution in [0.15, 0.2) is 18.5 Å². The fourth-order valence-electron chi connectivity index (χ4n) is 4.38. The lowest BCUT2D eigenvalue weighted by molar-refractivity contribution is 0.0774. The molecule has 6 nitrogen and oxygen atoms in total. The molecule has 4 rings (SSSR count). The Morgan fingerprint density at radius 2 is 2.11 bits per heavy atom. The molecular weight excluding hydrogens is 352 g/mol. The first-order chi connectivity index (χ1) is 13.0. The smallest absolute Gasteiger partial charge is 0.258 e. The highest BCUT2D eigenvalue weighted by molar-refractivity contribution is 6.08. The second-order valence-corrected chi connectivity index (χ2v) is 7.60. The van der Waals surface area contributed by atoms with E-state index in [1.807, 2.05) is 19.3 Å². The van der Waals surface area contributed by atoms with Gasteiger partial charge >= 0.3 is 0 Å². The molecular formula is C19H25F2N5O. The summed E-state index contributed by atoms with van der Waals surface area (Å²) >= 11 is 0. The van der Waals surface area contributed by atoms with Gasteiger partial charge in [-0.1, -0.05) is 0 Å². The number of pyridine rings is 1. The molecule has 2 aromatic rings. The molecule has 1 aliphatic carbocycles. The fourth-order valence-corrected chi connectivity index (χ4v) is 4.38. The van der Waals surface area contributed by atoms with Crippen LogP contribution in [0.25, 0.3) is 11.0 Å². The zero-order valence-corrected chi connectivity index (χ0v) is 15.4. The lowest BCUT2D eigenvalue weighted by Gasteiger charge is -2.44. The summed E-state index contributed by atoms with van der Waals surface area (Å²) in [7, 11) is 1.82. The third-order valence-electron chi connectivity index (χ3n) is 5.78. The molecule has 3 heterocycles. The Bertz CT molecular complexity index is 816. The van der Waals surface area contributed by atoms with Crippen LogP contribution in [0.5, 0.6) is 0 Å². The Labute approximate surface area is 156 Å². The summed E-state index contributed by atoms with van der Waals surface area (Å²) < 4.78 is 24.6. The number of H-pyrrole nitrogens is 1. The fraction of sp³-hybridized carbons (Fsp3) is 0.579. The predicted molar refractivity (Wildman–Crippen MR) is 100 cm³/mol. The number of hydrogen-bond donors (Lipinski definition) is 2. The average Bonchev–Trinajstić information content (AvgIpc) is 3.13. The molecule has 2 aliphatic rings. The minimum Gasteiger partial charge on any atom is -0.349 e. The zero-order valence-electron chi connectivity index (χ0n) is 15.4. The van der Waals surface area contributed by atoms with Crippen LogP contribution >= 0.6 is 0 Å². The number of amides is 1. The van der Waals surface area contributed by atoms with Gasteiger partial charge in [-0.15, -0.1) is 0 Å². The van der Waals surface area contributed by atoms with Crippen molar-refractivity contribution in [2.75, 3.05) is 31.7 Å². The predicted octanol–water partition coefficient (Wildman–Crippen LogP) is 2.83. The van der Waals surface area contributed by atoms with E-state index in [9.17, 15) is 13.6 Å². The second kappa shape index (κ2) is 7.42. The summed E-state index contributed by atoms with van der Waals surface area (Å²) in [6, 6.07) is 2.32. The largest absolute Gasteiger partial charge is 0.349 e. The number of aromatic amines is 1. The third kappa shape index (κ3) is 3.50. The van der Waals surface area contributed by atoms with Crippen molar-refractivity contribution in [1.29, 1.82) is 0 Å². The summed E-state index contributed by atoms with van der Waals surface area (Å²) in [6.07, 6.45) is 5.23. The number of hydrogen-bond acceptors (Lipinski definition) is 4. The molecule has 1 saturated carbocycles. The molecule has 0 saturated heterocycles. The first-order valence-corrected chi connectivity index (χ1v) is 9.51. The van der Waals surface area contributed by atoms with E-state index in [-0.39, 0.29) is 12.5 Å². The topological polar surface area (TPSA) is 64.3 Å². The first-order valence-electron chi connectivity index (χ1n) is 9.51. The minimum atomic E-state index is -2.29. The maximum absolute atomic E-state index is 12.6. The molecule has 0 atom stereocenters. The molecule has 8 heteroatoms. The lowest BCUT2D eigenvalue weighted by atomic mass is 9.84. The molecule has 0 unspecified atom stereocenters. The summed E-state index contributed by atoms with van der Waals surface area (Å²) in [5.41, 5.74) is 2.42. The van der Waals surface area contributed by atoms with Gasteiger partial charge in [0.2, 0.25) is 0 Å². The van der Waals surface area contributed by atoms with Crippen LogP contribution in [0, 0.1) is 5.92 Å². The van der Waals surface area contributed by atoms with Crippen molar-refractivity contribution in [3.8, 4) is 0 Å². The molecule has 1 aliphatic heterocycles. The molecule has 27 heavy (non-hydrogen) atoms. The highest BCUT2D eigenvalue weighted by Gasteiger charge is 2.35. The molecule has 0 bridgehead atoms. The quantitative estimate of drug-likeness (QED) is 0.841. The van der Waals surface area contributed by atoms with Gasteiger partial charge in [0.25, 0.3) is 12.3 Å². The van der Waals surface area contributed by atoms with Crippen LogP contribution in [-0.2, 0) is 0 Å². The van der Waals surface area contributed by atoms with Crippen molar-refractivity contribution in [1.82, 2.24) is 20.2 Å². The van der Waals surface area contributed by atoms with Crippen LogP contribution in [0.4, 0.5) is 14.5 Å². The highest BCUT2D eigenvalue weighted by Crippen LogP contribution is 2.38. The van der Waals surface area contributed by atoms with Crippen LogP contribution in [0.1, 0.15) is 36.0 Å². The van der Waals surface area contributed by atoms with Crippen LogP contribution in [0.3, 0.4) is 0 Å². The summed E-state index contributed by atoms with van der Waals surface area (Å²) in [5.74, 6) is 0.440. The van der Waals surface area contributed by atoms with Crippen molar-refractivity contribution >= 4 is 22.6 Å². The molecule has 1 amide bonds. The number of anilines is 1. The number of carbonyl (C=O) groups excluding carboxylic acids is 1. The number of aromatic nitrogens is 2. The zero-order chi connectivity index (χ0) is 19.0. The van der Waals surface area contributed by atoms with Crippen LogP contribution < -0.4 is 10.2 Å². The number of alkyl halides is 2. The van der Waals surface area contributed by atoms with E-state index in [4.69, 9.17) is 0 Å². The van der Waals surface area contributed by atoms with Gasteiger partial charge in [0.1, 0.15) is 5.65 Å². The number of carbonyl (C=O) groups is 1.